The summed E-state index contributed by atoms with van der Waals surface area (Å²) in [4.78, 5) is 9.23. The first-order valence-corrected chi connectivity index (χ1v) is 1.89. The molecule has 0 fully saturated rings. The number of nitroso groups, excluding NO2 is 1. The fourth-order valence-corrected chi connectivity index (χ4v) is 0.148. The summed E-state index contributed by atoms with van der Waals surface area (Å²) >= 11 is 0. The van der Waals surface area contributed by atoms with E-state index in [1.54, 1.807) is 6.08 Å². The zero-order valence-corrected chi connectivity index (χ0v) is 3.72. The molecule has 0 bridgehead atoms. The fourth-order valence-electron chi connectivity index (χ4n) is 0.148. The number of hydrogen-bond donors (Lipinski definition) is 0. The van der Waals surface area contributed by atoms with Gasteiger partial charge in [-0.15, -0.1) is 4.91 Å². The molecule has 0 unspecified atom stereocenters. The van der Waals surface area contributed by atoms with E-state index in [1.807, 2.05) is 6.92 Å². The SMILES string of the molecule is CC/C=C\N=O. The summed E-state index contributed by atoms with van der Waals surface area (Å²) < 4.78 is 0. The lowest BCUT2D eigenvalue weighted by atomic mass is 10.5. The Morgan fingerprint density at radius 1 is 1.83 bits per heavy atom. The molecule has 0 amide bonds. The van der Waals surface area contributed by atoms with E-state index in [2.05, 4.69) is 5.18 Å². The predicted molar refractivity (Wildman–Crippen MR) is 25.2 cm³/mol. The van der Waals surface area contributed by atoms with Gasteiger partial charge in [-0.05, 0) is 11.6 Å². The Morgan fingerprint density at radius 3 is 2.67 bits per heavy atom. The lowest BCUT2D eigenvalue weighted by Gasteiger charge is -1.64. The van der Waals surface area contributed by atoms with Crippen LogP contribution in [0.25, 0.3) is 0 Å². The highest BCUT2D eigenvalue weighted by atomic mass is 16.2. The van der Waals surface area contributed by atoms with Crippen LogP contribution in [0.15, 0.2) is 17.5 Å². The number of nitrogens with zero attached hydrogens (tertiary/aromatic N) is 1. The van der Waals surface area contributed by atoms with Gasteiger partial charge in [0.1, 0.15) is 0 Å². The van der Waals surface area contributed by atoms with Gasteiger partial charge in [0, 0.05) is 0 Å². The second-order valence-electron chi connectivity index (χ2n) is 0.898. The Bertz CT molecular complexity index is 58.6. The normalized spacial score (nSPS) is 9.50. The van der Waals surface area contributed by atoms with E-state index in [-0.39, 0.29) is 0 Å². The summed E-state index contributed by atoms with van der Waals surface area (Å²) in [6, 6.07) is 0. The third-order valence-electron chi connectivity index (χ3n) is 0.402. The van der Waals surface area contributed by atoms with Crippen LogP contribution in [0.4, 0.5) is 0 Å². The smallest absolute Gasteiger partial charge is 0.0674 e. The minimum atomic E-state index is 0.881. The molecule has 0 aliphatic rings. The maximum Gasteiger partial charge on any atom is 0.0674 e. The molecule has 0 aromatic carbocycles. The molecule has 0 heterocycles. The second kappa shape index (κ2) is 4.34. The molecule has 2 heteroatoms. The Kier molecular flexibility index (Phi) is 3.86. The number of rotatable bonds is 2. The van der Waals surface area contributed by atoms with Crippen LogP contribution in [0.5, 0.6) is 0 Å². The predicted octanol–water partition coefficient (Wildman–Crippen LogP) is 1.68. The monoisotopic (exact) mass is 85.1 g/mol. The molecule has 0 rings (SSSR count). The van der Waals surface area contributed by atoms with Crippen molar-refractivity contribution < 1.29 is 0 Å². The van der Waals surface area contributed by atoms with Crippen molar-refractivity contribution in [1.82, 2.24) is 0 Å². The quantitative estimate of drug-likeness (QED) is 0.469. The first-order valence-electron chi connectivity index (χ1n) is 1.89. The van der Waals surface area contributed by atoms with Crippen molar-refractivity contribution in [1.29, 1.82) is 0 Å². The molecular formula is C4H7NO. The molecular weight excluding hydrogens is 78.0 g/mol. The van der Waals surface area contributed by atoms with Crippen molar-refractivity contribution in [2.24, 2.45) is 5.18 Å². The lowest BCUT2D eigenvalue weighted by molar-refractivity contribution is 1.21. The third kappa shape index (κ3) is 3.34. The van der Waals surface area contributed by atoms with Gasteiger partial charge >= 0.3 is 0 Å². The molecule has 34 valence electrons. The minimum absolute atomic E-state index is 0.881. The average Bonchev–Trinajstić information content (AvgIpc) is 1.61. The van der Waals surface area contributed by atoms with Crippen LogP contribution >= 0.6 is 0 Å². The molecule has 0 atom stereocenters. The van der Waals surface area contributed by atoms with Crippen molar-refractivity contribution >= 4 is 0 Å². The van der Waals surface area contributed by atoms with Crippen molar-refractivity contribution in [3.05, 3.63) is 17.2 Å². The Balaban J connectivity index is 2.94. The van der Waals surface area contributed by atoms with Gasteiger partial charge in [0.15, 0.2) is 0 Å². The van der Waals surface area contributed by atoms with E-state index in [9.17, 15) is 4.91 Å². The van der Waals surface area contributed by atoms with Gasteiger partial charge in [0.25, 0.3) is 0 Å². The van der Waals surface area contributed by atoms with Gasteiger partial charge < -0.3 is 0 Å². The van der Waals surface area contributed by atoms with E-state index in [1.165, 1.54) is 6.20 Å². The zero-order valence-electron chi connectivity index (χ0n) is 3.72. The Labute approximate surface area is 36.8 Å². The number of allylic oxidation sites excluding steroid dienone is 1. The van der Waals surface area contributed by atoms with Crippen molar-refractivity contribution in [2.75, 3.05) is 0 Å². The van der Waals surface area contributed by atoms with Gasteiger partial charge in [-0.3, -0.25) is 0 Å². The zero-order chi connectivity index (χ0) is 4.83. The molecule has 0 aliphatic heterocycles. The Hall–Kier alpha value is -0.660. The average molecular weight is 85.1 g/mol. The van der Waals surface area contributed by atoms with Crippen LogP contribution < -0.4 is 0 Å². The van der Waals surface area contributed by atoms with Gasteiger partial charge in [0.05, 0.1) is 6.20 Å². The standard InChI is InChI=1S/C4H7NO/c1-2-3-4-5-6/h3-4H,2H2,1H3/b4-3-. The molecule has 2 nitrogen and oxygen atoms in total. The van der Waals surface area contributed by atoms with Gasteiger partial charge in [-0.1, -0.05) is 13.0 Å². The Morgan fingerprint density at radius 2 is 2.50 bits per heavy atom. The van der Waals surface area contributed by atoms with E-state index in [0.717, 1.165) is 6.42 Å². The van der Waals surface area contributed by atoms with Gasteiger partial charge in [-0.2, -0.15) is 0 Å². The van der Waals surface area contributed by atoms with Crippen LogP contribution in [0.1, 0.15) is 13.3 Å². The molecule has 0 N–H and O–H groups in total. The van der Waals surface area contributed by atoms with Crippen molar-refractivity contribution in [3.63, 3.8) is 0 Å². The molecule has 0 saturated carbocycles. The summed E-state index contributed by atoms with van der Waals surface area (Å²) in [6.45, 7) is 1.95. The molecule has 6 heavy (non-hydrogen) atoms. The highest BCUT2D eigenvalue weighted by Crippen LogP contribution is 1.76. The molecule has 0 radical (unpaired) electrons. The molecule has 0 aromatic heterocycles. The first-order chi connectivity index (χ1) is 2.91. The van der Waals surface area contributed by atoms with Gasteiger partial charge in [-0.25, -0.2) is 0 Å². The topological polar surface area (TPSA) is 29.4 Å². The van der Waals surface area contributed by atoms with Gasteiger partial charge in [0.2, 0.25) is 0 Å². The highest BCUT2D eigenvalue weighted by Gasteiger charge is 1.58. The van der Waals surface area contributed by atoms with Crippen molar-refractivity contribution in [2.45, 2.75) is 13.3 Å². The second-order valence-corrected chi connectivity index (χ2v) is 0.898. The molecule has 0 spiro atoms. The van der Waals surface area contributed by atoms with Crippen molar-refractivity contribution in [3.8, 4) is 0 Å². The maximum atomic E-state index is 9.23. The van der Waals surface area contributed by atoms with E-state index < -0.39 is 0 Å². The lowest BCUT2D eigenvalue weighted by Crippen LogP contribution is -1.46. The molecule has 0 aromatic rings. The van der Waals surface area contributed by atoms with Crippen LogP contribution in [0.2, 0.25) is 0 Å². The summed E-state index contributed by atoms with van der Waals surface area (Å²) in [7, 11) is 0. The van der Waals surface area contributed by atoms with Crippen LogP contribution in [0.3, 0.4) is 0 Å². The summed E-state index contributed by atoms with van der Waals surface area (Å²) in [5.74, 6) is 0. The highest BCUT2D eigenvalue weighted by molar-refractivity contribution is 4.75. The minimum Gasteiger partial charge on any atom is -0.145 e. The molecule has 0 aliphatic carbocycles. The van der Waals surface area contributed by atoms with Crippen LogP contribution in [-0.2, 0) is 0 Å². The summed E-state index contributed by atoms with van der Waals surface area (Å²) in [5, 5.41) is 2.49. The molecule has 0 saturated heterocycles. The summed E-state index contributed by atoms with van der Waals surface area (Å²) in [5.41, 5.74) is 0. The van der Waals surface area contributed by atoms with E-state index >= 15 is 0 Å². The van der Waals surface area contributed by atoms with E-state index in [4.69, 9.17) is 0 Å². The maximum absolute atomic E-state index is 9.23. The third-order valence-corrected chi connectivity index (χ3v) is 0.402. The number of hydrogen-bond acceptors (Lipinski definition) is 2. The first kappa shape index (κ1) is 5.34. The fraction of sp³-hybridized carbons (Fsp3) is 0.500. The van der Waals surface area contributed by atoms with E-state index in [0.29, 0.717) is 0 Å². The summed E-state index contributed by atoms with van der Waals surface area (Å²) in [6.07, 6.45) is 3.83. The van der Waals surface area contributed by atoms with Crippen LogP contribution in [0, 0.1) is 4.91 Å². The van der Waals surface area contributed by atoms with Crippen LogP contribution in [-0.4, -0.2) is 0 Å². The largest absolute Gasteiger partial charge is 0.145 e.